The zero-order valence-corrected chi connectivity index (χ0v) is 24.1. The second-order valence-corrected chi connectivity index (χ2v) is 11.0. The average molecular weight is 606 g/mol. The third kappa shape index (κ3) is 6.87. The molecule has 1 aliphatic rings. The number of ether oxygens (including phenoxy) is 1. The molecule has 1 aromatic heterocycles. The number of nitrogens with zero attached hydrogens (tertiary/aromatic N) is 2. The first-order valence-electron chi connectivity index (χ1n) is 13.5. The summed E-state index contributed by atoms with van der Waals surface area (Å²) in [5, 5.41) is 5.08. The molecular weight excluding hydrogens is 574 g/mol. The maximum absolute atomic E-state index is 13.6. The smallest absolute Gasteiger partial charge is 0.359 e. The number of hydrogen-bond donors (Lipinski definition) is 1. The fraction of sp³-hybridized carbons (Fsp3) is 0.281. The van der Waals surface area contributed by atoms with Crippen molar-refractivity contribution in [3.05, 3.63) is 107 Å². The van der Waals surface area contributed by atoms with E-state index in [-0.39, 0.29) is 5.91 Å². The summed E-state index contributed by atoms with van der Waals surface area (Å²) in [5.74, 6) is 1.43. The molecule has 0 radical (unpaired) electrons. The highest BCUT2D eigenvalue weighted by Gasteiger charge is 2.41. The Labute approximate surface area is 243 Å². The van der Waals surface area contributed by atoms with Crippen LogP contribution in [0.5, 0.6) is 5.75 Å². The molecule has 1 aliphatic heterocycles. The van der Waals surface area contributed by atoms with E-state index in [0.29, 0.717) is 30.2 Å². The number of alkyl halides is 1. The largest absolute Gasteiger partial charge is 0.492 e. The topological polar surface area (TPSA) is 55.1 Å². The molecule has 39 heavy (non-hydrogen) atoms. The number of rotatable bonds is 12. The number of aromatic nitrogens is 2. The number of carbonyl (C=O) groups excluding carboxylic acids is 1. The summed E-state index contributed by atoms with van der Waals surface area (Å²) in [4.78, 5) is 18.6. The van der Waals surface area contributed by atoms with E-state index in [2.05, 4.69) is 33.4 Å². The van der Waals surface area contributed by atoms with Crippen molar-refractivity contribution in [1.29, 1.82) is 0 Å². The molecule has 0 amide bonds. The van der Waals surface area contributed by atoms with Gasteiger partial charge in [0, 0.05) is 23.7 Å². The zero-order chi connectivity index (χ0) is 27.0. The van der Waals surface area contributed by atoms with Crippen molar-refractivity contribution in [3.8, 4) is 17.0 Å². The number of fused-ring (bicyclic) bond motifs is 1. The average Bonchev–Trinajstić information content (AvgIpc) is 3.27. The van der Waals surface area contributed by atoms with Gasteiger partial charge in [0.05, 0.1) is 11.6 Å². The highest BCUT2D eigenvalue weighted by atomic mass is 79.9. The minimum absolute atomic E-state index is 0.00109. The van der Waals surface area contributed by atoms with Crippen molar-refractivity contribution in [2.75, 3.05) is 17.3 Å². The third-order valence-electron chi connectivity index (χ3n) is 6.87. The molecule has 4 aromatic rings. The second kappa shape index (κ2) is 13.2. The standard InChI is InChI=1S/C32H31BrClN3O2/c33-17-9-1-2-10-18-39-30-16-15-24(19-26(30)34)21-28-32(38)37-22-29(25-13-7-4-8-14-25)35-27(31(37)36-28)20-23-11-5-3-6-12-23/h3-8,11-16,19,22,28H,1-2,9-10,17-18,20-21H2/p+1. The Morgan fingerprint density at radius 3 is 2.41 bits per heavy atom. The fourth-order valence-electron chi connectivity index (χ4n) is 4.83. The van der Waals surface area contributed by atoms with Crippen molar-refractivity contribution < 1.29 is 14.1 Å². The zero-order valence-electron chi connectivity index (χ0n) is 21.8. The monoisotopic (exact) mass is 604 g/mol. The Balaban J connectivity index is 1.33. The number of hydrogen-bond acceptors (Lipinski definition) is 4. The lowest BCUT2D eigenvalue weighted by Gasteiger charge is -2.10. The number of halogens is 2. The fourth-order valence-corrected chi connectivity index (χ4v) is 5.48. The van der Waals surface area contributed by atoms with Crippen LogP contribution in [0.4, 0.5) is 5.82 Å². The maximum Gasteiger partial charge on any atom is 0.359 e. The van der Waals surface area contributed by atoms with Gasteiger partial charge in [-0.2, -0.15) is 4.57 Å². The van der Waals surface area contributed by atoms with Crippen LogP contribution in [0.3, 0.4) is 0 Å². The van der Waals surface area contributed by atoms with Gasteiger partial charge in [0.1, 0.15) is 23.3 Å². The van der Waals surface area contributed by atoms with Gasteiger partial charge in [-0.05, 0) is 36.1 Å². The first kappa shape index (κ1) is 27.4. The van der Waals surface area contributed by atoms with Gasteiger partial charge in [-0.1, -0.05) is 107 Å². The molecule has 0 fully saturated rings. The Morgan fingerprint density at radius 1 is 0.923 bits per heavy atom. The Kier molecular flexibility index (Phi) is 9.27. The third-order valence-corrected chi connectivity index (χ3v) is 7.73. The molecule has 0 saturated carbocycles. The summed E-state index contributed by atoms with van der Waals surface area (Å²) < 4.78 is 7.63. The lowest BCUT2D eigenvalue weighted by Crippen LogP contribution is -2.44. The van der Waals surface area contributed by atoms with Gasteiger partial charge in [-0.15, -0.1) is 0 Å². The van der Waals surface area contributed by atoms with Crippen LogP contribution < -0.4 is 14.6 Å². The molecule has 0 bridgehead atoms. The molecule has 7 heteroatoms. The molecule has 200 valence electrons. The van der Waals surface area contributed by atoms with E-state index in [4.69, 9.17) is 21.3 Å². The summed E-state index contributed by atoms with van der Waals surface area (Å²) in [6.07, 6.45) is 7.50. The summed E-state index contributed by atoms with van der Waals surface area (Å²) in [6, 6.07) is 25.6. The van der Waals surface area contributed by atoms with Crippen molar-refractivity contribution >= 4 is 39.3 Å². The number of anilines is 1. The molecule has 0 aliphatic carbocycles. The molecule has 2 heterocycles. The number of nitrogens with one attached hydrogen (secondary N) is 1. The predicted molar refractivity (Wildman–Crippen MR) is 160 cm³/mol. The molecular formula is C32H32BrClN3O2+. The summed E-state index contributed by atoms with van der Waals surface area (Å²) in [5.41, 5.74) is 4.71. The highest BCUT2D eigenvalue weighted by molar-refractivity contribution is 9.09. The van der Waals surface area contributed by atoms with E-state index < -0.39 is 6.04 Å². The van der Waals surface area contributed by atoms with Crippen molar-refractivity contribution in [2.24, 2.45) is 0 Å². The summed E-state index contributed by atoms with van der Waals surface area (Å²) in [7, 11) is 0. The van der Waals surface area contributed by atoms with Crippen LogP contribution in [0.15, 0.2) is 85.1 Å². The molecule has 1 unspecified atom stereocenters. The maximum atomic E-state index is 13.6. The molecule has 1 atom stereocenters. The number of carbonyl (C=O) groups is 1. The number of benzene rings is 3. The quantitative estimate of drug-likeness (QED) is 0.105. The van der Waals surface area contributed by atoms with Crippen LogP contribution in [-0.2, 0) is 12.8 Å². The van der Waals surface area contributed by atoms with E-state index in [1.54, 1.807) is 4.57 Å². The molecule has 1 N–H and O–H groups in total. The van der Waals surface area contributed by atoms with Crippen LogP contribution in [0, 0.1) is 0 Å². The lowest BCUT2D eigenvalue weighted by molar-refractivity contribution is -0.552. The molecule has 3 aromatic carbocycles. The van der Waals surface area contributed by atoms with Crippen LogP contribution in [0.25, 0.3) is 11.3 Å². The van der Waals surface area contributed by atoms with Gasteiger partial charge >= 0.3 is 11.7 Å². The highest BCUT2D eigenvalue weighted by Crippen LogP contribution is 2.28. The van der Waals surface area contributed by atoms with Gasteiger partial charge in [0.25, 0.3) is 0 Å². The second-order valence-electron chi connectivity index (χ2n) is 9.78. The molecule has 0 spiro atoms. The Bertz CT molecular complexity index is 1420. The molecule has 5 rings (SSSR count). The van der Waals surface area contributed by atoms with Crippen LogP contribution in [0.1, 0.15) is 47.3 Å². The van der Waals surface area contributed by atoms with Crippen molar-refractivity contribution in [2.45, 2.75) is 44.6 Å². The number of unbranched alkanes of at least 4 members (excludes halogenated alkanes) is 3. The minimum atomic E-state index is -0.412. The molecule has 0 saturated heterocycles. The molecule has 5 nitrogen and oxygen atoms in total. The van der Waals surface area contributed by atoms with E-state index in [9.17, 15) is 4.79 Å². The van der Waals surface area contributed by atoms with Gasteiger partial charge < -0.3 is 4.74 Å². The van der Waals surface area contributed by atoms with E-state index in [0.717, 1.165) is 52.1 Å². The van der Waals surface area contributed by atoms with E-state index in [1.165, 1.54) is 12.8 Å². The van der Waals surface area contributed by atoms with Crippen molar-refractivity contribution in [1.82, 2.24) is 4.98 Å². The van der Waals surface area contributed by atoms with Gasteiger partial charge in [0.15, 0.2) is 6.04 Å². The van der Waals surface area contributed by atoms with E-state index >= 15 is 0 Å². The lowest BCUT2D eigenvalue weighted by atomic mass is 10.1. The van der Waals surface area contributed by atoms with Gasteiger partial charge in [0.2, 0.25) is 0 Å². The van der Waals surface area contributed by atoms with Crippen LogP contribution in [-0.4, -0.2) is 28.9 Å². The van der Waals surface area contributed by atoms with E-state index in [1.807, 2.05) is 72.9 Å². The van der Waals surface area contributed by atoms with Crippen LogP contribution >= 0.6 is 27.5 Å². The first-order chi connectivity index (χ1) is 19.1. The Morgan fingerprint density at radius 2 is 1.67 bits per heavy atom. The van der Waals surface area contributed by atoms with Gasteiger partial charge in [-0.3, -0.25) is 5.32 Å². The predicted octanol–water partition coefficient (Wildman–Crippen LogP) is 7.29. The normalized spacial score (nSPS) is 14.2. The summed E-state index contributed by atoms with van der Waals surface area (Å²) in [6.45, 7) is 0.650. The minimum Gasteiger partial charge on any atom is -0.492 e. The SMILES string of the molecule is O=C1C(Cc2ccc(OCCCCCCBr)c(Cl)c2)Nc2c(Cc3ccccc3)nc(-c3ccccc3)c[n+]21. The van der Waals surface area contributed by atoms with Crippen molar-refractivity contribution in [3.63, 3.8) is 0 Å². The van der Waals surface area contributed by atoms with Crippen LogP contribution in [0.2, 0.25) is 5.02 Å². The summed E-state index contributed by atoms with van der Waals surface area (Å²) >= 11 is 10.0. The van der Waals surface area contributed by atoms with Gasteiger partial charge in [-0.25, -0.2) is 9.78 Å². The first-order valence-corrected chi connectivity index (χ1v) is 14.9. The Hall–Kier alpha value is -3.22.